The Morgan fingerprint density at radius 1 is 1.35 bits per heavy atom. The number of carbonyl (C=O) groups is 2. The topological polar surface area (TPSA) is 60.2 Å². The first kappa shape index (κ1) is 13.4. The van der Waals surface area contributed by atoms with Gasteiger partial charge in [-0.05, 0) is 25.5 Å². The van der Waals surface area contributed by atoms with Crippen molar-refractivity contribution in [2.45, 2.75) is 33.6 Å². The monoisotopic (exact) mass is 233 g/mol. The van der Waals surface area contributed by atoms with Gasteiger partial charge in [-0.2, -0.15) is 0 Å². The molecule has 0 saturated heterocycles. The Bertz CT molecular complexity index is 428. The van der Waals surface area contributed by atoms with Crippen molar-refractivity contribution in [2.75, 3.05) is 0 Å². The zero-order valence-electron chi connectivity index (χ0n) is 10.6. The number of ketones is 2. The number of Topliss-reactive ketones (excluding diaryl/α,β-unsaturated/α-hetero) is 2. The van der Waals surface area contributed by atoms with Crippen molar-refractivity contribution in [1.82, 2.24) is 0 Å². The molecular weight excluding hydrogens is 214 g/mol. The molecule has 1 aliphatic rings. The molecule has 2 N–H and O–H groups in total. The normalized spacial score (nSPS) is 17.5. The van der Waals surface area contributed by atoms with E-state index in [4.69, 9.17) is 5.73 Å². The van der Waals surface area contributed by atoms with Crippen LogP contribution in [0.3, 0.4) is 0 Å². The van der Waals surface area contributed by atoms with Gasteiger partial charge in [0.2, 0.25) is 0 Å². The van der Waals surface area contributed by atoms with Crippen LogP contribution < -0.4 is 5.73 Å². The molecule has 92 valence electrons. The second-order valence-electron chi connectivity index (χ2n) is 4.37. The smallest absolute Gasteiger partial charge is 0.166 e. The third kappa shape index (κ3) is 3.16. The molecule has 0 fully saturated rings. The molecular formula is C14H19NO2. The summed E-state index contributed by atoms with van der Waals surface area (Å²) in [6.45, 7) is 5.31. The van der Waals surface area contributed by atoms with Crippen LogP contribution in [0.1, 0.15) is 33.6 Å². The van der Waals surface area contributed by atoms with Crippen LogP contribution in [-0.2, 0) is 9.59 Å². The molecule has 0 saturated carbocycles. The molecule has 0 bridgehead atoms. The highest BCUT2D eigenvalue weighted by atomic mass is 16.1. The number of hydrogen-bond donors (Lipinski definition) is 1. The number of rotatable bonds is 4. The van der Waals surface area contributed by atoms with E-state index in [0.717, 1.165) is 6.42 Å². The van der Waals surface area contributed by atoms with Gasteiger partial charge in [0.15, 0.2) is 11.6 Å². The zero-order valence-corrected chi connectivity index (χ0v) is 10.6. The minimum absolute atomic E-state index is 0.0138. The Kier molecular flexibility index (Phi) is 4.44. The highest BCUT2D eigenvalue weighted by Crippen LogP contribution is 2.22. The highest BCUT2D eigenvalue weighted by molar-refractivity contribution is 6.12. The van der Waals surface area contributed by atoms with Crippen molar-refractivity contribution in [3.63, 3.8) is 0 Å². The predicted octanol–water partition coefficient (Wildman–Crippen LogP) is 2.29. The molecule has 0 aromatic carbocycles. The van der Waals surface area contributed by atoms with Crippen LogP contribution in [0.15, 0.2) is 35.1 Å². The average Bonchev–Trinajstić information content (AvgIpc) is 2.49. The Hall–Kier alpha value is -1.64. The number of nitrogens with two attached hydrogens (primary N) is 1. The van der Waals surface area contributed by atoms with Crippen LogP contribution in [0.4, 0.5) is 0 Å². The second kappa shape index (κ2) is 5.62. The average molecular weight is 233 g/mol. The number of allylic oxidation sites excluding steroid dienone is 5. The lowest BCUT2D eigenvalue weighted by molar-refractivity contribution is -0.119. The first-order chi connectivity index (χ1) is 7.97. The van der Waals surface area contributed by atoms with Gasteiger partial charge in [0.25, 0.3) is 0 Å². The van der Waals surface area contributed by atoms with Crippen molar-refractivity contribution in [3.05, 3.63) is 35.1 Å². The van der Waals surface area contributed by atoms with E-state index in [1.807, 2.05) is 13.8 Å². The molecule has 17 heavy (non-hydrogen) atoms. The molecule has 0 radical (unpaired) electrons. The first-order valence-corrected chi connectivity index (χ1v) is 5.89. The van der Waals surface area contributed by atoms with Gasteiger partial charge in [0.1, 0.15) is 0 Å². The van der Waals surface area contributed by atoms with Gasteiger partial charge in [0.05, 0.1) is 0 Å². The van der Waals surface area contributed by atoms with Crippen molar-refractivity contribution < 1.29 is 9.59 Å². The summed E-state index contributed by atoms with van der Waals surface area (Å²) in [5.74, 6) is -0.146. The van der Waals surface area contributed by atoms with Crippen LogP contribution >= 0.6 is 0 Å². The van der Waals surface area contributed by atoms with E-state index in [-0.39, 0.29) is 17.5 Å². The van der Waals surface area contributed by atoms with Crippen molar-refractivity contribution in [1.29, 1.82) is 0 Å². The lowest BCUT2D eigenvalue weighted by Crippen LogP contribution is -2.16. The first-order valence-electron chi connectivity index (χ1n) is 5.89. The van der Waals surface area contributed by atoms with Crippen molar-refractivity contribution >= 4 is 11.6 Å². The molecule has 1 rings (SSSR count). The molecule has 3 nitrogen and oxygen atoms in total. The van der Waals surface area contributed by atoms with Crippen LogP contribution in [0, 0.1) is 5.92 Å². The zero-order chi connectivity index (χ0) is 13.0. The summed E-state index contributed by atoms with van der Waals surface area (Å²) in [5.41, 5.74) is 7.37. The summed E-state index contributed by atoms with van der Waals surface area (Å²) in [6, 6.07) is 0. The Morgan fingerprint density at radius 3 is 2.53 bits per heavy atom. The van der Waals surface area contributed by atoms with Gasteiger partial charge in [-0.3, -0.25) is 9.59 Å². The third-order valence-corrected chi connectivity index (χ3v) is 3.00. The quantitative estimate of drug-likeness (QED) is 0.810. The van der Waals surface area contributed by atoms with Gasteiger partial charge in [0, 0.05) is 29.2 Å². The molecule has 0 aromatic heterocycles. The summed E-state index contributed by atoms with van der Waals surface area (Å²) >= 11 is 0. The number of carbonyl (C=O) groups excluding carboxylic acids is 2. The SMILES string of the molecule is CCC(C)C(=O)C1=CC=C(N)CC=C1C(C)=O. The van der Waals surface area contributed by atoms with E-state index in [1.54, 1.807) is 18.2 Å². The summed E-state index contributed by atoms with van der Waals surface area (Å²) in [6.07, 6.45) is 6.41. The van der Waals surface area contributed by atoms with Crippen LogP contribution in [0.2, 0.25) is 0 Å². The highest BCUT2D eigenvalue weighted by Gasteiger charge is 2.22. The Labute approximate surface area is 102 Å². The molecule has 3 heteroatoms. The molecule has 1 unspecified atom stereocenters. The van der Waals surface area contributed by atoms with Crippen LogP contribution in [0.5, 0.6) is 0 Å². The van der Waals surface area contributed by atoms with E-state index in [1.165, 1.54) is 6.92 Å². The largest absolute Gasteiger partial charge is 0.402 e. The molecule has 0 aromatic rings. The second-order valence-corrected chi connectivity index (χ2v) is 4.37. The maximum atomic E-state index is 12.2. The minimum Gasteiger partial charge on any atom is -0.402 e. The lowest BCUT2D eigenvalue weighted by Gasteiger charge is -2.12. The van der Waals surface area contributed by atoms with E-state index < -0.39 is 0 Å². The Balaban J connectivity index is 3.15. The summed E-state index contributed by atoms with van der Waals surface area (Å²) in [5, 5.41) is 0. The van der Waals surface area contributed by atoms with E-state index in [0.29, 0.717) is 23.3 Å². The molecule has 1 atom stereocenters. The van der Waals surface area contributed by atoms with Gasteiger partial charge < -0.3 is 5.73 Å². The third-order valence-electron chi connectivity index (χ3n) is 3.00. The molecule has 0 amide bonds. The van der Waals surface area contributed by atoms with Crippen LogP contribution in [0.25, 0.3) is 0 Å². The van der Waals surface area contributed by atoms with Gasteiger partial charge >= 0.3 is 0 Å². The van der Waals surface area contributed by atoms with Gasteiger partial charge in [-0.1, -0.05) is 19.9 Å². The summed E-state index contributed by atoms with van der Waals surface area (Å²) < 4.78 is 0. The van der Waals surface area contributed by atoms with Gasteiger partial charge in [-0.15, -0.1) is 0 Å². The Morgan fingerprint density at radius 2 is 2.00 bits per heavy atom. The van der Waals surface area contributed by atoms with Crippen molar-refractivity contribution in [3.8, 4) is 0 Å². The minimum atomic E-state index is -0.0870. The molecule has 0 spiro atoms. The maximum Gasteiger partial charge on any atom is 0.166 e. The maximum absolute atomic E-state index is 12.2. The van der Waals surface area contributed by atoms with E-state index in [9.17, 15) is 9.59 Å². The molecule has 0 heterocycles. The van der Waals surface area contributed by atoms with E-state index >= 15 is 0 Å². The standard InChI is InChI=1S/C14H19NO2/c1-4-9(2)14(17)13-8-6-11(15)5-7-12(13)10(3)16/h6-9H,4-5,15H2,1-3H3. The van der Waals surface area contributed by atoms with E-state index in [2.05, 4.69) is 0 Å². The molecule has 1 aliphatic carbocycles. The predicted molar refractivity (Wildman–Crippen MR) is 68.2 cm³/mol. The fourth-order valence-corrected chi connectivity index (χ4v) is 1.68. The summed E-state index contributed by atoms with van der Waals surface area (Å²) in [7, 11) is 0. The molecule has 0 aliphatic heterocycles. The van der Waals surface area contributed by atoms with Crippen molar-refractivity contribution in [2.24, 2.45) is 11.7 Å². The van der Waals surface area contributed by atoms with Gasteiger partial charge in [-0.25, -0.2) is 0 Å². The fraction of sp³-hybridized carbons (Fsp3) is 0.429. The fourth-order valence-electron chi connectivity index (χ4n) is 1.68. The van der Waals surface area contributed by atoms with Crippen LogP contribution in [-0.4, -0.2) is 11.6 Å². The number of hydrogen-bond acceptors (Lipinski definition) is 3. The lowest BCUT2D eigenvalue weighted by atomic mass is 9.90. The summed E-state index contributed by atoms with van der Waals surface area (Å²) in [4.78, 5) is 23.7.